The van der Waals surface area contributed by atoms with Gasteiger partial charge >= 0.3 is 0 Å². The van der Waals surface area contributed by atoms with Crippen LogP contribution >= 0.6 is 23.1 Å². The van der Waals surface area contributed by atoms with Gasteiger partial charge in [0.25, 0.3) is 5.22 Å². The van der Waals surface area contributed by atoms with Crippen LogP contribution in [0, 0.1) is 19.8 Å². The largest absolute Gasteiger partial charge is 0.416 e. The van der Waals surface area contributed by atoms with E-state index in [0.29, 0.717) is 24.0 Å². The summed E-state index contributed by atoms with van der Waals surface area (Å²) in [7, 11) is -2.92. The van der Waals surface area contributed by atoms with Gasteiger partial charge in [-0.25, -0.2) is 8.42 Å². The van der Waals surface area contributed by atoms with Crippen LogP contribution < -0.4 is 0 Å². The molecular formula is C21H25N3O4S3. The van der Waals surface area contributed by atoms with Crippen LogP contribution in [0.5, 0.6) is 0 Å². The van der Waals surface area contributed by atoms with Crippen molar-refractivity contribution in [1.82, 2.24) is 14.8 Å². The maximum absolute atomic E-state index is 12.8. The van der Waals surface area contributed by atoms with Crippen molar-refractivity contribution < 1.29 is 17.6 Å². The molecule has 1 fully saturated rings. The molecule has 0 saturated carbocycles. The van der Waals surface area contributed by atoms with Crippen LogP contribution in [0.1, 0.15) is 38.9 Å². The van der Waals surface area contributed by atoms with Gasteiger partial charge in [-0.2, -0.15) is 0 Å². The molecule has 3 aromatic heterocycles. The van der Waals surface area contributed by atoms with E-state index in [4.69, 9.17) is 4.42 Å². The highest BCUT2D eigenvalue weighted by atomic mass is 32.2. The van der Waals surface area contributed by atoms with E-state index in [1.54, 1.807) is 11.3 Å². The minimum Gasteiger partial charge on any atom is -0.416 e. The highest BCUT2D eigenvalue weighted by Gasteiger charge is 2.29. The standard InChI is InChI=1S/C21H25N3O4S3/c1-14-10-18(15(2)24(14)7-5-17-4-3-8-29-17)19(25)12-30-21-23-22-20(28-21)11-16-6-9-31(26,27)13-16/h3-4,8,10,16H,5-7,9,11-13H2,1-2H3. The first-order valence-corrected chi connectivity index (χ1v) is 13.9. The number of sulfone groups is 1. The summed E-state index contributed by atoms with van der Waals surface area (Å²) in [4.78, 5) is 14.1. The topological polar surface area (TPSA) is 95.1 Å². The summed E-state index contributed by atoms with van der Waals surface area (Å²) in [5, 5.41) is 10.4. The molecule has 0 bridgehead atoms. The summed E-state index contributed by atoms with van der Waals surface area (Å²) >= 11 is 2.97. The molecule has 0 spiro atoms. The van der Waals surface area contributed by atoms with Crippen molar-refractivity contribution in [2.45, 2.75) is 44.9 Å². The molecule has 0 aromatic carbocycles. The second kappa shape index (κ2) is 9.30. The normalized spacial score (nSPS) is 17.9. The van der Waals surface area contributed by atoms with Crippen molar-refractivity contribution in [3.63, 3.8) is 0 Å². The monoisotopic (exact) mass is 479 g/mol. The molecule has 0 amide bonds. The quantitative estimate of drug-likeness (QED) is 0.341. The average Bonchev–Trinajstić information content (AvgIpc) is 3.49. The molecule has 1 aliphatic heterocycles. The van der Waals surface area contributed by atoms with Gasteiger partial charge in [0.1, 0.15) is 0 Å². The van der Waals surface area contributed by atoms with E-state index in [2.05, 4.69) is 32.3 Å². The molecule has 10 heteroatoms. The summed E-state index contributed by atoms with van der Waals surface area (Å²) in [6.45, 7) is 4.86. The third-order valence-corrected chi connectivity index (χ3v) is 9.19. The molecule has 3 aromatic rings. The van der Waals surface area contributed by atoms with Crippen molar-refractivity contribution >= 4 is 38.7 Å². The lowest BCUT2D eigenvalue weighted by atomic mass is 10.1. The second-order valence-corrected chi connectivity index (χ2v) is 12.1. The van der Waals surface area contributed by atoms with Crippen LogP contribution in [0.3, 0.4) is 0 Å². The van der Waals surface area contributed by atoms with E-state index >= 15 is 0 Å². The van der Waals surface area contributed by atoms with Crippen LogP contribution in [0.25, 0.3) is 0 Å². The first-order chi connectivity index (χ1) is 14.8. The second-order valence-electron chi connectivity index (χ2n) is 7.91. The number of thioether (sulfide) groups is 1. The molecule has 0 N–H and O–H groups in total. The van der Waals surface area contributed by atoms with Crippen molar-refractivity contribution in [3.05, 3.63) is 51.3 Å². The number of thiophene rings is 1. The Balaban J connectivity index is 1.33. The number of carbonyl (C=O) groups is 1. The molecule has 166 valence electrons. The minimum absolute atomic E-state index is 0.0297. The molecule has 1 saturated heterocycles. The van der Waals surface area contributed by atoms with Crippen LogP contribution in [-0.2, 0) is 29.2 Å². The Morgan fingerprint density at radius 3 is 2.90 bits per heavy atom. The number of Topliss-reactive ketones (excluding diaryl/α,β-unsaturated/α-hetero) is 1. The first-order valence-electron chi connectivity index (χ1n) is 10.2. The van der Waals surface area contributed by atoms with Crippen LogP contribution in [-0.4, -0.2) is 46.2 Å². The highest BCUT2D eigenvalue weighted by Crippen LogP contribution is 2.25. The van der Waals surface area contributed by atoms with E-state index < -0.39 is 9.84 Å². The van der Waals surface area contributed by atoms with Crippen molar-refractivity contribution in [2.75, 3.05) is 17.3 Å². The summed E-state index contributed by atoms with van der Waals surface area (Å²) < 4.78 is 31.0. The number of hydrogen-bond acceptors (Lipinski definition) is 8. The number of aromatic nitrogens is 3. The Morgan fingerprint density at radius 1 is 1.35 bits per heavy atom. The smallest absolute Gasteiger partial charge is 0.277 e. The number of nitrogens with zero attached hydrogens (tertiary/aromatic N) is 3. The molecular weight excluding hydrogens is 454 g/mol. The Morgan fingerprint density at radius 2 is 2.19 bits per heavy atom. The molecule has 31 heavy (non-hydrogen) atoms. The first kappa shape index (κ1) is 22.3. The fourth-order valence-electron chi connectivity index (χ4n) is 3.97. The van der Waals surface area contributed by atoms with E-state index in [1.807, 2.05) is 19.9 Å². The summed E-state index contributed by atoms with van der Waals surface area (Å²) in [5.41, 5.74) is 2.79. The van der Waals surface area contributed by atoms with Gasteiger partial charge in [-0.15, -0.1) is 21.5 Å². The van der Waals surface area contributed by atoms with Crippen molar-refractivity contribution in [1.29, 1.82) is 0 Å². The van der Waals surface area contributed by atoms with Gasteiger partial charge < -0.3 is 8.98 Å². The van der Waals surface area contributed by atoms with Crippen LogP contribution in [0.2, 0.25) is 0 Å². The molecule has 1 atom stereocenters. The van der Waals surface area contributed by atoms with E-state index in [-0.39, 0.29) is 29.0 Å². The van der Waals surface area contributed by atoms with Gasteiger partial charge in [-0.1, -0.05) is 17.8 Å². The Kier molecular flexibility index (Phi) is 6.68. The van der Waals surface area contributed by atoms with E-state index in [1.165, 1.54) is 16.6 Å². The molecule has 0 radical (unpaired) electrons. The molecule has 1 unspecified atom stereocenters. The zero-order valence-corrected chi connectivity index (χ0v) is 20.0. The summed E-state index contributed by atoms with van der Waals surface area (Å²) in [6.07, 6.45) is 2.05. The minimum atomic E-state index is -2.92. The Labute approximate surface area is 190 Å². The van der Waals surface area contributed by atoms with Gasteiger partial charge in [0.05, 0.1) is 17.3 Å². The van der Waals surface area contributed by atoms with Crippen molar-refractivity contribution in [3.8, 4) is 0 Å². The maximum Gasteiger partial charge on any atom is 0.277 e. The highest BCUT2D eigenvalue weighted by molar-refractivity contribution is 7.99. The zero-order chi connectivity index (χ0) is 22.0. The lowest BCUT2D eigenvalue weighted by Crippen LogP contribution is -2.08. The Bertz CT molecular complexity index is 1160. The molecule has 1 aliphatic rings. The predicted octanol–water partition coefficient (Wildman–Crippen LogP) is 3.74. The number of hydrogen-bond donors (Lipinski definition) is 0. The SMILES string of the molecule is Cc1cc(C(=O)CSc2nnc(CC3CCS(=O)(=O)C3)o2)c(C)n1CCc1cccs1. The summed E-state index contributed by atoms with van der Waals surface area (Å²) in [5.74, 6) is 1.12. The third kappa shape index (κ3) is 5.48. The van der Waals surface area contributed by atoms with Gasteiger partial charge in [0.2, 0.25) is 5.89 Å². The summed E-state index contributed by atoms with van der Waals surface area (Å²) in [6, 6.07) is 6.14. The van der Waals surface area contributed by atoms with Gasteiger partial charge in [-0.05, 0) is 50.1 Å². The molecule has 4 heterocycles. The van der Waals surface area contributed by atoms with Gasteiger partial charge in [0.15, 0.2) is 15.6 Å². The molecule has 7 nitrogen and oxygen atoms in total. The fraction of sp³-hybridized carbons (Fsp3) is 0.476. The number of ketones is 1. The Hall–Kier alpha value is -1.91. The van der Waals surface area contributed by atoms with E-state index in [0.717, 1.165) is 29.9 Å². The fourth-order valence-corrected chi connectivity index (χ4v) is 7.19. The van der Waals surface area contributed by atoms with Crippen molar-refractivity contribution in [2.24, 2.45) is 5.92 Å². The predicted molar refractivity (Wildman–Crippen MR) is 122 cm³/mol. The zero-order valence-electron chi connectivity index (χ0n) is 17.5. The number of aryl methyl sites for hydroxylation is 2. The van der Waals surface area contributed by atoms with Gasteiger partial charge in [-0.3, -0.25) is 4.79 Å². The lowest BCUT2D eigenvalue weighted by Gasteiger charge is -2.09. The molecule has 0 aliphatic carbocycles. The van der Waals surface area contributed by atoms with Crippen LogP contribution in [0.4, 0.5) is 0 Å². The number of carbonyl (C=O) groups excluding carboxylic acids is 1. The maximum atomic E-state index is 12.8. The third-order valence-electron chi connectivity index (χ3n) is 5.60. The van der Waals surface area contributed by atoms with E-state index in [9.17, 15) is 13.2 Å². The lowest BCUT2D eigenvalue weighted by molar-refractivity contribution is 0.102. The van der Waals surface area contributed by atoms with Gasteiger partial charge in [0, 0.05) is 34.8 Å². The van der Waals surface area contributed by atoms with Crippen LogP contribution in [0.15, 0.2) is 33.2 Å². The molecule has 4 rings (SSSR count). The average molecular weight is 480 g/mol. The number of rotatable bonds is 9.